The molecule has 0 spiro atoms. The van der Waals surface area contributed by atoms with Crippen molar-refractivity contribution in [1.29, 1.82) is 5.26 Å². The summed E-state index contributed by atoms with van der Waals surface area (Å²) in [7, 11) is 0. The molecule has 3 rings (SSSR count). The molecule has 1 saturated carbocycles. The maximum atomic E-state index is 12.1. The summed E-state index contributed by atoms with van der Waals surface area (Å²) in [5.41, 5.74) is 1.43. The van der Waals surface area contributed by atoms with Gasteiger partial charge < -0.3 is 9.73 Å². The van der Waals surface area contributed by atoms with Gasteiger partial charge in [0, 0.05) is 17.2 Å². The molecule has 110 valence electrons. The van der Waals surface area contributed by atoms with E-state index in [1.165, 1.54) is 0 Å². The summed E-state index contributed by atoms with van der Waals surface area (Å²) in [5, 5.41) is 11.7. The number of carbonyl (C=O) groups is 2. The number of anilines is 1. The van der Waals surface area contributed by atoms with Gasteiger partial charge in [0.1, 0.15) is 5.76 Å². The molecule has 5 heteroatoms. The Bertz CT molecular complexity index is 722. The predicted molar refractivity (Wildman–Crippen MR) is 79.6 cm³/mol. The van der Waals surface area contributed by atoms with Gasteiger partial charge >= 0.3 is 0 Å². The number of furan rings is 1. The van der Waals surface area contributed by atoms with Crippen molar-refractivity contribution in [2.75, 3.05) is 5.32 Å². The summed E-state index contributed by atoms with van der Waals surface area (Å²) >= 11 is 0. The molecule has 0 saturated heterocycles. The molecule has 1 N–H and O–H groups in total. The summed E-state index contributed by atoms with van der Waals surface area (Å²) in [6.45, 7) is 0. The van der Waals surface area contributed by atoms with E-state index in [4.69, 9.17) is 9.68 Å². The lowest BCUT2D eigenvalue weighted by Crippen LogP contribution is -2.29. The van der Waals surface area contributed by atoms with E-state index in [2.05, 4.69) is 5.32 Å². The molecule has 1 unspecified atom stereocenters. The van der Waals surface area contributed by atoms with Gasteiger partial charge in [-0.25, -0.2) is 0 Å². The molecule has 1 heterocycles. The highest BCUT2D eigenvalue weighted by Gasteiger charge is 2.38. The van der Waals surface area contributed by atoms with E-state index in [-0.39, 0.29) is 11.7 Å². The fourth-order valence-electron chi connectivity index (χ4n) is 2.23. The lowest BCUT2D eigenvalue weighted by molar-refractivity contribution is -0.129. The van der Waals surface area contributed by atoms with E-state index >= 15 is 0 Å². The smallest absolute Gasteiger partial charge is 0.249 e. The molecule has 2 aromatic rings. The third-order valence-electron chi connectivity index (χ3n) is 3.61. The van der Waals surface area contributed by atoms with Crippen molar-refractivity contribution in [2.24, 2.45) is 11.8 Å². The summed E-state index contributed by atoms with van der Waals surface area (Å²) < 4.78 is 5.29. The Balaban J connectivity index is 1.68. The van der Waals surface area contributed by atoms with Crippen molar-refractivity contribution >= 4 is 17.4 Å². The number of nitrogens with one attached hydrogen (secondary N) is 1. The van der Waals surface area contributed by atoms with Gasteiger partial charge in [-0.05, 0) is 49.2 Å². The second-order valence-corrected chi connectivity index (χ2v) is 5.28. The van der Waals surface area contributed by atoms with Crippen LogP contribution in [0.2, 0.25) is 0 Å². The Hall–Kier alpha value is -2.87. The summed E-state index contributed by atoms with van der Waals surface area (Å²) in [6, 6.07) is 12.5. The van der Waals surface area contributed by atoms with Crippen LogP contribution in [0.3, 0.4) is 0 Å². The lowest BCUT2D eigenvalue weighted by atomic mass is 10.0. The molecule has 0 radical (unpaired) electrons. The van der Waals surface area contributed by atoms with Crippen molar-refractivity contribution < 1.29 is 14.0 Å². The van der Waals surface area contributed by atoms with Gasteiger partial charge in [-0.2, -0.15) is 5.26 Å². The maximum absolute atomic E-state index is 12.1. The van der Waals surface area contributed by atoms with Gasteiger partial charge in [0.2, 0.25) is 5.91 Å². The molecule has 1 fully saturated rings. The summed E-state index contributed by atoms with van der Waals surface area (Å²) in [5.74, 6) is -1.44. The molecular formula is C17H14N2O3. The lowest BCUT2D eigenvalue weighted by Gasteiger charge is -2.09. The quantitative estimate of drug-likeness (QED) is 0.859. The van der Waals surface area contributed by atoms with E-state index in [9.17, 15) is 9.59 Å². The van der Waals surface area contributed by atoms with E-state index in [1.807, 2.05) is 6.07 Å². The van der Waals surface area contributed by atoms with Crippen molar-refractivity contribution in [1.82, 2.24) is 0 Å². The Morgan fingerprint density at radius 3 is 2.50 bits per heavy atom. The molecule has 1 amide bonds. The first kappa shape index (κ1) is 14.1. The van der Waals surface area contributed by atoms with Crippen LogP contribution in [0.15, 0.2) is 47.1 Å². The topological polar surface area (TPSA) is 83.1 Å². The van der Waals surface area contributed by atoms with Crippen molar-refractivity contribution in [3.8, 4) is 17.4 Å². The number of amides is 1. The van der Waals surface area contributed by atoms with Gasteiger partial charge in [-0.1, -0.05) is 0 Å². The SMILES string of the molecule is N#CC(C(=O)Nc1ccc(-c2ccco2)cc1)C(=O)C1CC1. The third-order valence-corrected chi connectivity index (χ3v) is 3.61. The Morgan fingerprint density at radius 2 is 1.95 bits per heavy atom. The van der Waals surface area contributed by atoms with Crippen LogP contribution >= 0.6 is 0 Å². The second-order valence-electron chi connectivity index (χ2n) is 5.28. The fourth-order valence-corrected chi connectivity index (χ4v) is 2.23. The van der Waals surface area contributed by atoms with Crippen molar-refractivity contribution in [3.63, 3.8) is 0 Å². The number of hydrogen-bond donors (Lipinski definition) is 1. The number of Topliss-reactive ketones (excluding diaryl/α,β-unsaturated/α-hetero) is 1. The highest BCUT2D eigenvalue weighted by atomic mass is 16.3. The van der Waals surface area contributed by atoms with Gasteiger partial charge in [-0.3, -0.25) is 9.59 Å². The zero-order chi connectivity index (χ0) is 15.5. The molecule has 1 aromatic heterocycles. The number of rotatable bonds is 5. The van der Waals surface area contributed by atoms with Crippen LogP contribution in [0.25, 0.3) is 11.3 Å². The average Bonchev–Trinajstić information content (AvgIpc) is 3.24. The summed E-state index contributed by atoms with van der Waals surface area (Å²) in [4.78, 5) is 23.9. The number of hydrogen-bond acceptors (Lipinski definition) is 4. The first-order valence-electron chi connectivity index (χ1n) is 7.07. The third kappa shape index (κ3) is 2.91. The minimum absolute atomic E-state index is 0.114. The Labute approximate surface area is 127 Å². The largest absolute Gasteiger partial charge is 0.464 e. The number of nitriles is 1. The molecule has 0 bridgehead atoms. The van der Waals surface area contributed by atoms with E-state index in [0.717, 1.165) is 24.2 Å². The van der Waals surface area contributed by atoms with E-state index < -0.39 is 11.8 Å². The van der Waals surface area contributed by atoms with Crippen LogP contribution in [0.5, 0.6) is 0 Å². The highest BCUT2D eigenvalue weighted by molar-refractivity contribution is 6.10. The fraction of sp³-hybridized carbons (Fsp3) is 0.235. The molecule has 0 aliphatic heterocycles. The second kappa shape index (κ2) is 5.86. The Morgan fingerprint density at radius 1 is 1.23 bits per heavy atom. The molecule has 5 nitrogen and oxygen atoms in total. The molecule has 1 aliphatic carbocycles. The van der Waals surface area contributed by atoms with Crippen LogP contribution in [-0.4, -0.2) is 11.7 Å². The Kier molecular flexibility index (Phi) is 3.75. The van der Waals surface area contributed by atoms with Crippen LogP contribution in [0.4, 0.5) is 5.69 Å². The number of nitrogens with zero attached hydrogens (tertiary/aromatic N) is 1. The maximum Gasteiger partial charge on any atom is 0.249 e. The summed E-state index contributed by atoms with van der Waals surface area (Å²) in [6.07, 6.45) is 3.15. The van der Waals surface area contributed by atoms with Gasteiger partial charge in [0.15, 0.2) is 11.7 Å². The van der Waals surface area contributed by atoms with Crippen LogP contribution < -0.4 is 5.32 Å². The van der Waals surface area contributed by atoms with Crippen LogP contribution in [-0.2, 0) is 9.59 Å². The predicted octanol–water partition coefficient (Wildman–Crippen LogP) is 3.00. The standard InChI is InChI=1S/C17H14N2O3/c18-10-14(16(20)12-3-4-12)17(21)19-13-7-5-11(6-8-13)15-2-1-9-22-15/h1-2,5-9,12,14H,3-4H2,(H,19,21). The highest BCUT2D eigenvalue weighted by Crippen LogP contribution is 2.32. The normalized spacial score (nSPS) is 14.9. The van der Waals surface area contributed by atoms with Crippen molar-refractivity contribution in [2.45, 2.75) is 12.8 Å². The molecule has 1 aromatic carbocycles. The van der Waals surface area contributed by atoms with E-state index in [0.29, 0.717) is 5.69 Å². The minimum atomic E-state index is -1.22. The molecule has 1 aliphatic rings. The van der Waals surface area contributed by atoms with E-state index in [1.54, 1.807) is 42.7 Å². The number of benzene rings is 1. The molecular weight excluding hydrogens is 280 g/mol. The zero-order valence-electron chi connectivity index (χ0n) is 11.8. The van der Waals surface area contributed by atoms with Gasteiger partial charge in [0.25, 0.3) is 0 Å². The number of ketones is 1. The average molecular weight is 294 g/mol. The first-order chi connectivity index (χ1) is 10.7. The van der Waals surface area contributed by atoms with Crippen LogP contribution in [0, 0.1) is 23.2 Å². The monoisotopic (exact) mass is 294 g/mol. The zero-order valence-corrected chi connectivity index (χ0v) is 11.8. The number of carbonyl (C=O) groups excluding carboxylic acids is 2. The first-order valence-corrected chi connectivity index (χ1v) is 7.07. The van der Waals surface area contributed by atoms with Gasteiger partial charge in [-0.15, -0.1) is 0 Å². The van der Waals surface area contributed by atoms with Gasteiger partial charge in [0.05, 0.1) is 12.3 Å². The molecule has 22 heavy (non-hydrogen) atoms. The van der Waals surface area contributed by atoms with Crippen molar-refractivity contribution in [3.05, 3.63) is 42.7 Å². The van der Waals surface area contributed by atoms with Crippen LogP contribution in [0.1, 0.15) is 12.8 Å². The molecule has 1 atom stereocenters. The minimum Gasteiger partial charge on any atom is -0.464 e.